The number of rotatable bonds is 6. The summed E-state index contributed by atoms with van der Waals surface area (Å²) in [6, 6.07) is 13.9. The van der Waals surface area contributed by atoms with Crippen molar-refractivity contribution in [1.29, 1.82) is 0 Å². The van der Waals surface area contributed by atoms with Crippen LogP contribution in [0.1, 0.15) is 12.8 Å². The average Bonchev–Trinajstić information content (AvgIpc) is 2.81. The number of fused-ring (bicyclic) bond motifs is 1. The molecule has 1 fully saturated rings. The van der Waals surface area contributed by atoms with E-state index in [1.165, 1.54) is 6.07 Å². The van der Waals surface area contributed by atoms with E-state index in [0.717, 1.165) is 16.5 Å². The Kier molecular flexibility index (Phi) is 6.11. The molecule has 8 heteroatoms. The van der Waals surface area contributed by atoms with Gasteiger partial charge in [0.2, 0.25) is 0 Å². The molecule has 3 aromatic rings. The second-order valence-corrected chi connectivity index (χ2v) is 7.65. The zero-order valence-corrected chi connectivity index (χ0v) is 17.6. The summed E-state index contributed by atoms with van der Waals surface area (Å²) in [5, 5.41) is 9.81. The minimum atomic E-state index is -0.819. The highest BCUT2D eigenvalue weighted by atomic mass is 16.5. The summed E-state index contributed by atoms with van der Waals surface area (Å²) >= 11 is 0. The number of likely N-dealkylation sites (tertiary alicyclic amines) is 1. The second-order valence-electron chi connectivity index (χ2n) is 7.65. The first-order valence-electron chi connectivity index (χ1n) is 10.3. The maximum atomic E-state index is 12.4. The molecule has 1 saturated heterocycles. The predicted molar refractivity (Wildman–Crippen MR) is 117 cm³/mol. The number of piperidine rings is 1. The Balaban J connectivity index is 1.48. The second kappa shape index (κ2) is 9.13. The maximum absolute atomic E-state index is 12.4. The number of ether oxygens (including phenoxy) is 2. The average molecular weight is 437 g/mol. The van der Waals surface area contributed by atoms with Crippen LogP contribution in [0, 0.1) is 5.92 Å². The van der Waals surface area contributed by atoms with Crippen molar-refractivity contribution in [3.8, 4) is 22.6 Å². The Morgan fingerprint density at radius 3 is 2.41 bits per heavy atom. The number of carbonyl (C=O) groups is 2. The molecule has 1 amide bonds. The molecule has 0 bridgehead atoms. The SMILES string of the molecule is COc1ccc(-c2cc(=O)oc3cc(OCC(=O)N4CCC(C(=O)O)CC4)ccc23)cc1. The first kappa shape index (κ1) is 21.4. The Hall–Kier alpha value is -3.81. The Labute approximate surface area is 184 Å². The summed E-state index contributed by atoms with van der Waals surface area (Å²) in [7, 11) is 1.59. The van der Waals surface area contributed by atoms with E-state index in [4.69, 9.17) is 19.0 Å². The van der Waals surface area contributed by atoms with Crippen LogP contribution in [0.15, 0.2) is 57.7 Å². The number of amides is 1. The van der Waals surface area contributed by atoms with E-state index in [9.17, 15) is 14.4 Å². The fourth-order valence-corrected chi connectivity index (χ4v) is 3.85. The van der Waals surface area contributed by atoms with Crippen molar-refractivity contribution in [2.75, 3.05) is 26.8 Å². The van der Waals surface area contributed by atoms with E-state index >= 15 is 0 Å². The molecule has 8 nitrogen and oxygen atoms in total. The van der Waals surface area contributed by atoms with Gasteiger partial charge in [-0.2, -0.15) is 0 Å². The maximum Gasteiger partial charge on any atom is 0.336 e. The van der Waals surface area contributed by atoms with E-state index in [-0.39, 0.29) is 12.5 Å². The van der Waals surface area contributed by atoms with Gasteiger partial charge in [-0.05, 0) is 48.2 Å². The lowest BCUT2D eigenvalue weighted by atomic mass is 9.97. The monoisotopic (exact) mass is 437 g/mol. The zero-order chi connectivity index (χ0) is 22.7. The van der Waals surface area contributed by atoms with Crippen LogP contribution in [0.4, 0.5) is 0 Å². The number of hydrogen-bond donors (Lipinski definition) is 1. The number of aliphatic carboxylic acids is 1. The third kappa shape index (κ3) is 4.59. The van der Waals surface area contributed by atoms with Crippen LogP contribution in [0.3, 0.4) is 0 Å². The summed E-state index contributed by atoms with van der Waals surface area (Å²) in [6.45, 7) is 0.625. The minimum Gasteiger partial charge on any atom is -0.497 e. The summed E-state index contributed by atoms with van der Waals surface area (Å²) in [5.41, 5.74) is 1.44. The summed E-state index contributed by atoms with van der Waals surface area (Å²) in [5.74, 6) is -0.305. The number of carbonyl (C=O) groups excluding carboxylic acids is 1. The van der Waals surface area contributed by atoms with Crippen LogP contribution in [0.2, 0.25) is 0 Å². The predicted octanol–water partition coefficient (Wildman–Crippen LogP) is 3.17. The Bertz CT molecular complexity index is 1190. The van der Waals surface area contributed by atoms with E-state index in [1.54, 1.807) is 30.2 Å². The van der Waals surface area contributed by atoms with Gasteiger partial charge in [-0.25, -0.2) is 4.79 Å². The summed E-state index contributed by atoms with van der Waals surface area (Å²) < 4.78 is 16.2. The van der Waals surface area contributed by atoms with Crippen molar-refractivity contribution >= 4 is 22.8 Å². The van der Waals surface area contributed by atoms with Crippen LogP contribution in [-0.4, -0.2) is 48.7 Å². The fourth-order valence-electron chi connectivity index (χ4n) is 3.85. The lowest BCUT2D eigenvalue weighted by molar-refractivity contribution is -0.146. The van der Waals surface area contributed by atoms with Gasteiger partial charge >= 0.3 is 11.6 Å². The fraction of sp³-hybridized carbons (Fsp3) is 0.292. The highest BCUT2D eigenvalue weighted by molar-refractivity contribution is 5.93. The molecule has 2 aromatic carbocycles. The van der Waals surface area contributed by atoms with Crippen molar-refractivity contribution in [3.05, 3.63) is 59.0 Å². The molecule has 0 radical (unpaired) electrons. The number of carboxylic acid groups (broad SMARTS) is 1. The highest BCUT2D eigenvalue weighted by Crippen LogP contribution is 2.30. The van der Waals surface area contributed by atoms with Crippen molar-refractivity contribution in [2.24, 2.45) is 5.92 Å². The molecule has 1 aromatic heterocycles. The van der Waals surface area contributed by atoms with Crippen LogP contribution >= 0.6 is 0 Å². The first-order chi connectivity index (χ1) is 15.4. The molecule has 1 aliphatic rings. The Morgan fingerprint density at radius 1 is 1.06 bits per heavy atom. The van der Waals surface area contributed by atoms with E-state index in [0.29, 0.717) is 43.0 Å². The van der Waals surface area contributed by atoms with Gasteiger partial charge in [-0.15, -0.1) is 0 Å². The van der Waals surface area contributed by atoms with Crippen molar-refractivity contribution < 1.29 is 28.6 Å². The molecule has 166 valence electrons. The molecule has 1 N–H and O–H groups in total. The lowest BCUT2D eigenvalue weighted by Gasteiger charge is -2.30. The van der Waals surface area contributed by atoms with Gasteiger partial charge < -0.3 is 23.9 Å². The Morgan fingerprint density at radius 2 is 1.75 bits per heavy atom. The largest absolute Gasteiger partial charge is 0.497 e. The van der Waals surface area contributed by atoms with Crippen molar-refractivity contribution in [2.45, 2.75) is 12.8 Å². The molecule has 0 saturated carbocycles. The normalized spacial score (nSPS) is 14.3. The van der Waals surface area contributed by atoms with Gasteiger partial charge in [0.15, 0.2) is 6.61 Å². The molecular weight excluding hydrogens is 414 g/mol. The first-order valence-corrected chi connectivity index (χ1v) is 10.3. The van der Waals surface area contributed by atoms with Crippen molar-refractivity contribution in [1.82, 2.24) is 4.90 Å². The molecule has 0 aliphatic carbocycles. The third-order valence-electron chi connectivity index (χ3n) is 5.68. The van der Waals surface area contributed by atoms with Gasteiger partial charge in [0.25, 0.3) is 5.91 Å². The smallest absolute Gasteiger partial charge is 0.336 e. The standard InChI is InChI=1S/C24H23NO7/c1-30-17-4-2-15(3-5-17)20-13-23(27)32-21-12-18(6-7-19(20)21)31-14-22(26)25-10-8-16(9-11-25)24(28)29/h2-7,12-13,16H,8-11,14H2,1H3,(H,28,29). The minimum absolute atomic E-state index is 0.175. The van der Waals surface area contributed by atoms with Crippen LogP contribution in [0.5, 0.6) is 11.5 Å². The van der Waals surface area contributed by atoms with Gasteiger partial charge in [0, 0.05) is 30.6 Å². The number of hydrogen-bond acceptors (Lipinski definition) is 6. The number of methoxy groups -OCH3 is 1. The van der Waals surface area contributed by atoms with Gasteiger partial charge in [-0.3, -0.25) is 9.59 Å². The van der Waals surface area contributed by atoms with Crippen LogP contribution in [-0.2, 0) is 9.59 Å². The molecule has 1 aliphatic heterocycles. The molecular formula is C24H23NO7. The highest BCUT2D eigenvalue weighted by Gasteiger charge is 2.27. The van der Waals surface area contributed by atoms with Gasteiger partial charge in [0.05, 0.1) is 13.0 Å². The zero-order valence-electron chi connectivity index (χ0n) is 17.6. The number of carboxylic acids is 1. The topological polar surface area (TPSA) is 106 Å². The quantitative estimate of drug-likeness (QED) is 0.591. The van der Waals surface area contributed by atoms with E-state index < -0.39 is 17.5 Å². The van der Waals surface area contributed by atoms with Gasteiger partial charge in [0.1, 0.15) is 17.1 Å². The van der Waals surface area contributed by atoms with Crippen LogP contribution in [0.25, 0.3) is 22.1 Å². The molecule has 2 heterocycles. The molecule has 0 spiro atoms. The van der Waals surface area contributed by atoms with Gasteiger partial charge in [-0.1, -0.05) is 12.1 Å². The molecule has 32 heavy (non-hydrogen) atoms. The van der Waals surface area contributed by atoms with E-state index in [1.807, 2.05) is 24.3 Å². The molecule has 0 unspecified atom stereocenters. The van der Waals surface area contributed by atoms with Crippen molar-refractivity contribution in [3.63, 3.8) is 0 Å². The van der Waals surface area contributed by atoms with E-state index in [2.05, 4.69) is 0 Å². The summed E-state index contributed by atoms with van der Waals surface area (Å²) in [6.07, 6.45) is 0.882. The lowest BCUT2D eigenvalue weighted by Crippen LogP contribution is -2.42. The van der Waals surface area contributed by atoms with Crippen LogP contribution < -0.4 is 15.1 Å². The number of benzene rings is 2. The molecule has 4 rings (SSSR count). The molecule has 0 atom stereocenters. The summed E-state index contributed by atoms with van der Waals surface area (Å²) in [4.78, 5) is 37.2. The third-order valence-corrected chi connectivity index (χ3v) is 5.68. The number of nitrogens with zero attached hydrogens (tertiary/aromatic N) is 1.